The predicted octanol–water partition coefficient (Wildman–Crippen LogP) is 3.83. The fourth-order valence-electron chi connectivity index (χ4n) is 2.95. The molecule has 1 heterocycles. The van der Waals surface area contributed by atoms with Gasteiger partial charge in [-0.25, -0.2) is 13.6 Å². The Bertz CT molecular complexity index is 1160. The quantitative estimate of drug-likeness (QED) is 0.436. The van der Waals surface area contributed by atoms with Gasteiger partial charge in [0, 0.05) is 18.7 Å². The highest BCUT2D eigenvalue weighted by Gasteiger charge is 2.23. The molecule has 0 atom stereocenters. The van der Waals surface area contributed by atoms with E-state index < -0.39 is 28.8 Å². The standard InChI is InChI=1S/C23H19F2NO5/c1-30-23(29)20-22(31-13-14-5-3-2-4-6-14)21(28)17(12-26-20)19(27)10-8-15-7-9-16(24)11-18(15)25/h2-7,9,11-12H,8,10,13H2,1H3,(H,26,28). The number of methoxy groups -OCH3 is 1. The van der Waals surface area contributed by atoms with Crippen molar-refractivity contribution in [2.75, 3.05) is 7.11 Å². The second-order valence-electron chi connectivity index (χ2n) is 6.66. The number of nitrogens with one attached hydrogen (secondary N) is 1. The summed E-state index contributed by atoms with van der Waals surface area (Å²) >= 11 is 0. The van der Waals surface area contributed by atoms with Crippen molar-refractivity contribution in [2.45, 2.75) is 19.4 Å². The number of hydrogen-bond acceptors (Lipinski definition) is 5. The van der Waals surface area contributed by atoms with E-state index in [0.717, 1.165) is 31.0 Å². The monoisotopic (exact) mass is 427 g/mol. The first-order chi connectivity index (χ1) is 14.9. The molecule has 0 amide bonds. The summed E-state index contributed by atoms with van der Waals surface area (Å²) in [5.74, 6) is -3.23. The lowest BCUT2D eigenvalue weighted by atomic mass is 10.0. The van der Waals surface area contributed by atoms with E-state index in [9.17, 15) is 23.2 Å². The molecule has 0 fully saturated rings. The topological polar surface area (TPSA) is 85.5 Å². The van der Waals surface area contributed by atoms with Crippen molar-refractivity contribution in [3.8, 4) is 5.75 Å². The van der Waals surface area contributed by atoms with E-state index >= 15 is 0 Å². The van der Waals surface area contributed by atoms with Crippen molar-refractivity contribution in [2.24, 2.45) is 0 Å². The summed E-state index contributed by atoms with van der Waals surface area (Å²) in [6, 6.07) is 12.0. The molecule has 8 heteroatoms. The van der Waals surface area contributed by atoms with Gasteiger partial charge >= 0.3 is 5.97 Å². The fraction of sp³-hybridized carbons (Fsp3) is 0.174. The Balaban J connectivity index is 1.85. The number of ketones is 1. The molecule has 0 radical (unpaired) electrons. The van der Waals surface area contributed by atoms with Gasteiger partial charge in [0.1, 0.15) is 18.2 Å². The third kappa shape index (κ3) is 5.22. The van der Waals surface area contributed by atoms with Crippen LogP contribution in [0.1, 0.15) is 38.4 Å². The molecule has 0 saturated heterocycles. The Morgan fingerprint density at radius 3 is 2.48 bits per heavy atom. The molecule has 160 valence electrons. The van der Waals surface area contributed by atoms with Gasteiger partial charge in [0.15, 0.2) is 17.2 Å². The van der Waals surface area contributed by atoms with E-state index in [2.05, 4.69) is 9.72 Å². The van der Waals surface area contributed by atoms with E-state index in [1.807, 2.05) is 6.07 Å². The molecule has 2 aromatic carbocycles. The van der Waals surface area contributed by atoms with Crippen molar-refractivity contribution >= 4 is 11.8 Å². The Morgan fingerprint density at radius 2 is 1.81 bits per heavy atom. The van der Waals surface area contributed by atoms with Gasteiger partial charge in [-0.05, 0) is 23.6 Å². The van der Waals surface area contributed by atoms with E-state index in [1.165, 1.54) is 6.07 Å². The zero-order chi connectivity index (χ0) is 22.4. The highest BCUT2D eigenvalue weighted by atomic mass is 19.1. The number of aromatic amines is 1. The van der Waals surface area contributed by atoms with E-state index in [1.54, 1.807) is 24.3 Å². The first-order valence-corrected chi connectivity index (χ1v) is 9.38. The summed E-state index contributed by atoms with van der Waals surface area (Å²) in [5.41, 5.74) is -0.332. The number of pyridine rings is 1. The summed E-state index contributed by atoms with van der Waals surface area (Å²) in [7, 11) is 1.15. The van der Waals surface area contributed by atoms with E-state index in [-0.39, 0.29) is 42.0 Å². The Kier molecular flexibility index (Phi) is 6.92. The minimum atomic E-state index is -0.826. The van der Waals surface area contributed by atoms with E-state index in [4.69, 9.17) is 4.74 Å². The van der Waals surface area contributed by atoms with Gasteiger partial charge in [0.25, 0.3) is 0 Å². The minimum Gasteiger partial charge on any atom is -0.482 e. The average Bonchev–Trinajstić information content (AvgIpc) is 2.77. The van der Waals surface area contributed by atoms with Gasteiger partial charge in [-0.3, -0.25) is 9.59 Å². The van der Waals surface area contributed by atoms with Crippen molar-refractivity contribution in [3.05, 3.63) is 99.0 Å². The zero-order valence-electron chi connectivity index (χ0n) is 16.6. The van der Waals surface area contributed by atoms with Crippen molar-refractivity contribution in [3.63, 3.8) is 0 Å². The van der Waals surface area contributed by atoms with Crippen LogP contribution in [0.5, 0.6) is 5.75 Å². The maximum atomic E-state index is 13.8. The first kappa shape index (κ1) is 21.9. The van der Waals surface area contributed by atoms with Crippen LogP contribution in [0.4, 0.5) is 8.78 Å². The predicted molar refractivity (Wildman–Crippen MR) is 108 cm³/mol. The maximum absolute atomic E-state index is 13.8. The van der Waals surface area contributed by atoms with Gasteiger partial charge in [0.2, 0.25) is 5.43 Å². The van der Waals surface area contributed by atoms with Crippen LogP contribution in [0.25, 0.3) is 0 Å². The average molecular weight is 427 g/mol. The number of ether oxygens (including phenoxy) is 2. The summed E-state index contributed by atoms with van der Waals surface area (Å²) in [6.45, 7) is -0.00759. The van der Waals surface area contributed by atoms with Crippen LogP contribution in [0.3, 0.4) is 0 Å². The molecule has 0 bridgehead atoms. The summed E-state index contributed by atoms with van der Waals surface area (Å²) in [4.78, 5) is 40.1. The van der Waals surface area contributed by atoms with Crippen LogP contribution in [-0.2, 0) is 17.8 Å². The van der Waals surface area contributed by atoms with Gasteiger partial charge in [-0.15, -0.1) is 0 Å². The van der Waals surface area contributed by atoms with Crippen LogP contribution in [0.15, 0.2) is 59.5 Å². The Hall–Kier alpha value is -3.81. The van der Waals surface area contributed by atoms with Crippen LogP contribution >= 0.6 is 0 Å². The number of hydrogen-bond donors (Lipinski definition) is 1. The van der Waals surface area contributed by atoms with Gasteiger partial charge < -0.3 is 14.5 Å². The molecule has 3 rings (SSSR count). The second kappa shape index (κ2) is 9.80. The normalized spacial score (nSPS) is 10.5. The van der Waals surface area contributed by atoms with Crippen molar-refractivity contribution in [1.82, 2.24) is 4.98 Å². The Labute approximate surface area is 176 Å². The van der Waals surface area contributed by atoms with Gasteiger partial charge in [0.05, 0.1) is 12.7 Å². The number of benzene rings is 2. The summed E-state index contributed by atoms with van der Waals surface area (Å²) in [5, 5.41) is 0. The first-order valence-electron chi connectivity index (χ1n) is 9.38. The van der Waals surface area contributed by atoms with Gasteiger partial charge in [-0.1, -0.05) is 36.4 Å². The van der Waals surface area contributed by atoms with Crippen molar-refractivity contribution < 1.29 is 27.8 Å². The zero-order valence-corrected chi connectivity index (χ0v) is 16.6. The lowest BCUT2D eigenvalue weighted by Gasteiger charge is -2.11. The lowest BCUT2D eigenvalue weighted by Crippen LogP contribution is -2.23. The number of halogens is 2. The highest BCUT2D eigenvalue weighted by molar-refractivity contribution is 5.98. The molecule has 0 unspecified atom stereocenters. The molecule has 1 aromatic heterocycles. The van der Waals surface area contributed by atoms with Crippen LogP contribution in [0.2, 0.25) is 0 Å². The number of aromatic nitrogens is 1. The molecule has 0 aliphatic carbocycles. The molecule has 3 aromatic rings. The van der Waals surface area contributed by atoms with Crippen LogP contribution in [0, 0.1) is 11.6 Å². The third-order valence-electron chi connectivity index (χ3n) is 4.59. The van der Waals surface area contributed by atoms with Crippen molar-refractivity contribution in [1.29, 1.82) is 0 Å². The number of Topliss-reactive ketones (excluding diaryl/α,β-unsaturated/α-hetero) is 1. The highest BCUT2D eigenvalue weighted by Crippen LogP contribution is 2.17. The number of aryl methyl sites for hydroxylation is 1. The third-order valence-corrected chi connectivity index (χ3v) is 4.59. The molecule has 31 heavy (non-hydrogen) atoms. The number of H-pyrrole nitrogens is 1. The SMILES string of the molecule is COC(=O)c1[nH]cc(C(=O)CCc2ccc(F)cc2F)c(=O)c1OCc1ccccc1. The molecule has 0 aliphatic heterocycles. The number of esters is 1. The Morgan fingerprint density at radius 1 is 1.06 bits per heavy atom. The van der Waals surface area contributed by atoms with Gasteiger partial charge in [-0.2, -0.15) is 0 Å². The molecule has 6 nitrogen and oxygen atoms in total. The molecule has 0 spiro atoms. The smallest absolute Gasteiger partial charge is 0.358 e. The molecular weight excluding hydrogens is 408 g/mol. The van der Waals surface area contributed by atoms with Crippen LogP contribution in [-0.4, -0.2) is 23.8 Å². The van der Waals surface area contributed by atoms with E-state index in [0.29, 0.717) is 0 Å². The lowest BCUT2D eigenvalue weighted by molar-refractivity contribution is 0.0587. The molecule has 0 saturated carbocycles. The molecule has 1 N–H and O–H groups in total. The van der Waals surface area contributed by atoms with Crippen LogP contribution < -0.4 is 10.2 Å². The number of carbonyl (C=O) groups excluding carboxylic acids is 2. The number of rotatable bonds is 8. The fourth-order valence-corrected chi connectivity index (χ4v) is 2.95. The summed E-state index contributed by atoms with van der Waals surface area (Å²) in [6.07, 6.45) is 0.887. The largest absolute Gasteiger partial charge is 0.482 e. The second-order valence-corrected chi connectivity index (χ2v) is 6.66. The molecular formula is C23H19F2NO5. The summed E-state index contributed by atoms with van der Waals surface area (Å²) < 4.78 is 37.1. The number of carbonyl (C=O) groups is 2. The molecule has 0 aliphatic rings. The minimum absolute atomic E-state index is 0.00759. The maximum Gasteiger partial charge on any atom is 0.358 e.